The van der Waals surface area contributed by atoms with Gasteiger partial charge in [0.15, 0.2) is 12.4 Å². The lowest BCUT2D eigenvalue weighted by Crippen LogP contribution is -2.25. The second kappa shape index (κ2) is 4.60. The van der Waals surface area contributed by atoms with Crippen molar-refractivity contribution >= 4 is 5.69 Å². The van der Waals surface area contributed by atoms with Gasteiger partial charge in [-0.2, -0.15) is 0 Å². The maximum atomic E-state index is 3.37. The molecule has 0 aliphatic carbocycles. The summed E-state index contributed by atoms with van der Waals surface area (Å²) >= 11 is 0. The van der Waals surface area contributed by atoms with Crippen LogP contribution >= 0.6 is 0 Å². The normalized spacial score (nSPS) is 9.93. The molecule has 0 unspecified atom stereocenters. The van der Waals surface area contributed by atoms with Crippen LogP contribution < -0.4 is 9.88 Å². The Kier molecular flexibility index (Phi) is 2.98. The smallest absolute Gasteiger partial charge is 0.170 e. The highest BCUT2D eigenvalue weighted by molar-refractivity contribution is 5.40. The van der Waals surface area contributed by atoms with E-state index in [2.05, 4.69) is 41.7 Å². The van der Waals surface area contributed by atoms with Gasteiger partial charge in [-0.1, -0.05) is 30.3 Å². The summed E-state index contributed by atoms with van der Waals surface area (Å²) in [6, 6.07) is 14.5. The van der Waals surface area contributed by atoms with Crippen molar-refractivity contribution in [2.45, 2.75) is 6.54 Å². The number of rotatable bonds is 3. The Labute approximate surface area is 90.2 Å². The maximum absolute atomic E-state index is 3.37. The molecule has 2 heteroatoms. The number of nitrogens with one attached hydrogen (secondary N) is 1. The quantitative estimate of drug-likeness (QED) is 0.749. The number of anilines is 1. The van der Waals surface area contributed by atoms with Gasteiger partial charge in [-0.05, 0) is 5.56 Å². The Bertz CT molecular complexity index is 406. The number of hydrogen-bond acceptors (Lipinski definition) is 1. The number of benzene rings is 1. The lowest BCUT2D eigenvalue weighted by Gasteiger charge is -2.04. The van der Waals surface area contributed by atoms with E-state index >= 15 is 0 Å². The number of aromatic nitrogens is 1. The van der Waals surface area contributed by atoms with Crippen molar-refractivity contribution in [2.75, 3.05) is 5.32 Å². The van der Waals surface area contributed by atoms with Crippen molar-refractivity contribution < 1.29 is 4.57 Å². The summed E-state index contributed by atoms with van der Waals surface area (Å²) in [4.78, 5) is 0. The fourth-order valence-corrected chi connectivity index (χ4v) is 1.42. The fourth-order valence-electron chi connectivity index (χ4n) is 1.42. The Balaban J connectivity index is 1.96. The summed E-state index contributed by atoms with van der Waals surface area (Å²) in [5.74, 6) is 0. The van der Waals surface area contributed by atoms with E-state index < -0.39 is 0 Å². The minimum absolute atomic E-state index is 0.870. The molecule has 1 aromatic carbocycles. The van der Waals surface area contributed by atoms with Crippen LogP contribution in [-0.4, -0.2) is 0 Å². The van der Waals surface area contributed by atoms with Gasteiger partial charge in [0.05, 0.1) is 0 Å². The van der Waals surface area contributed by atoms with Crippen LogP contribution in [0.25, 0.3) is 0 Å². The predicted molar refractivity (Wildman–Crippen MR) is 61.4 cm³/mol. The van der Waals surface area contributed by atoms with E-state index in [9.17, 15) is 0 Å². The second-order valence-electron chi connectivity index (χ2n) is 3.59. The van der Waals surface area contributed by atoms with Gasteiger partial charge in [0.25, 0.3) is 0 Å². The Morgan fingerprint density at radius 2 is 1.67 bits per heavy atom. The molecule has 76 valence electrons. The summed E-state index contributed by atoms with van der Waals surface area (Å²) < 4.78 is 2.02. The van der Waals surface area contributed by atoms with Crippen LogP contribution in [0.5, 0.6) is 0 Å². The highest BCUT2D eigenvalue weighted by Gasteiger charge is 1.95. The number of hydrogen-bond donors (Lipinski definition) is 1. The van der Waals surface area contributed by atoms with Crippen molar-refractivity contribution in [3.63, 3.8) is 0 Å². The molecule has 0 saturated carbocycles. The first kappa shape index (κ1) is 9.71. The van der Waals surface area contributed by atoms with E-state index in [0.717, 1.165) is 12.2 Å². The Hall–Kier alpha value is -1.83. The molecule has 0 saturated heterocycles. The van der Waals surface area contributed by atoms with Crippen LogP contribution in [0.1, 0.15) is 5.56 Å². The van der Waals surface area contributed by atoms with E-state index in [0.29, 0.717) is 0 Å². The highest BCUT2D eigenvalue weighted by Crippen LogP contribution is 2.06. The molecule has 0 fully saturated rings. The van der Waals surface area contributed by atoms with Gasteiger partial charge in [0.1, 0.15) is 7.05 Å². The lowest BCUT2D eigenvalue weighted by atomic mass is 10.2. The van der Waals surface area contributed by atoms with Crippen molar-refractivity contribution in [1.82, 2.24) is 0 Å². The summed E-state index contributed by atoms with van der Waals surface area (Å²) in [5, 5.41) is 3.37. The molecule has 1 N–H and O–H groups in total. The third kappa shape index (κ3) is 2.81. The van der Waals surface area contributed by atoms with Crippen molar-refractivity contribution in [3.05, 3.63) is 60.4 Å². The SMILES string of the molecule is C[n+]1ccc(NCc2ccccc2)cc1. The first-order valence-electron chi connectivity index (χ1n) is 5.08. The molecule has 0 radical (unpaired) electrons. The van der Waals surface area contributed by atoms with Gasteiger partial charge in [-0.25, -0.2) is 4.57 Å². The Morgan fingerprint density at radius 3 is 2.33 bits per heavy atom. The number of aryl methyl sites for hydroxylation is 1. The van der Waals surface area contributed by atoms with Gasteiger partial charge < -0.3 is 5.32 Å². The molecule has 0 aliphatic rings. The van der Waals surface area contributed by atoms with Crippen LogP contribution in [0.15, 0.2) is 54.9 Å². The number of pyridine rings is 1. The van der Waals surface area contributed by atoms with E-state index in [1.165, 1.54) is 5.56 Å². The van der Waals surface area contributed by atoms with Gasteiger partial charge in [-0.3, -0.25) is 0 Å². The van der Waals surface area contributed by atoms with E-state index in [1.54, 1.807) is 0 Å². The average Bonchev–Trinajstić information content (AvgIpc) is 2.30. The molecule has 0 amide bonds. The molecule has 0 bridgehead atoms. The van der Waals surface area contributed by atoms with Crippen molar-refractivity contribution in [1.29, 1.82) is 0 Å². The summed E-state index contributed by atoms with van der Waals surface area (Å²) in [7, 11) is 2.01. The van der Waals surface area contributed by atoms with Crippen LogP contribution in [0.3, 0.4) is 0 Å². The summed E-state index contributed by atoms with van der Waals surface area (Å²) in [5.41, 5.74) is 2.45. The molecular weight excluding hydrogens is 184 g/mol. The molecule has 2 rings (SSSR count). The van der Waals surface area contributed by atoms with E-state index in [-0.39, 0.29) is 0 Å². The molecular formula is C13H15N2+. The van der Waals surface area contributed by atoms with Crippen molar-refractivity contribution in [3.8, 4) is 0 Å². The van der Waals surface area contributed by atoms with Crippen LogP contribution in [0.4, 0.5) is 5.69 Å². The van der Waals surface area contributed by atoms with Gasteiger partial charge in [0, 0.05) is 24.4 Å². The third-order valence-electron chi connectivity index (χ3n) is 2.32. The number of nitrogens with zero attached hydrogens (tertiary/aromatic N) is 1. The lowest BCUT2D eigenvalue weighted by molar-refractivity contribution is -0.671. The molecule has 0 aliphatic heterocycles. The minimum atomic E-state index is 0.870. The van der Waals surface area contributed by atoms with Gasteiger partial charge in [-0.15, -0.1) is 0 Å². The first-order chi connectivity index (χ1) is 7.34. The third-order valence-corrected chi connectivity index (χ3v) is 2.32. The molecule has 15 heavy (non-hydrogen) atoms. The molecule has 0 atom stereocenters. The standard InChI is InChI=1S/C13H14N2/c1-15-9-7-13(8-10-15)14-11-12-5-3-2-4-6-12/h2-10H,11H2,1H3/p+1. The van der Waals surface area contributed by atoms with Crippen LogP contribution in [0, 0.1) is 0 Å². The van der Waals surface area contributed by atoms with Crippen molar-refractivity contribution in [2.24, 2.45) is 7.05 Å². The fraction of sp³-hybridized carbons (Fsp3) is 0.154. The van der Waals surface area contributed by atoms with Gasteiger partial charge in [0.2, 0.25) is 0 Å². The first-order valence-corrected chi connectivity index (χ1v) is 5.08. The topological polar surface area (TPSA) is 15.9 Å². The zero-order valence-electron chi connectivity index (χ0n) is 8.85. The van der Waals surface area contributed by atoms with Crippen LogP contribution in [-0.2, 0) is 13.6 Å². The van der Waals surface area contributed by atoms with Crippen LogP contribution in [0.2, 0.25) is 0 Å². The molecule has 1 aromatic heterocycles. The minimum Gasteiger partial charge on any atom is -0.381 e. The summed E-state index contributed by atoms with van der Waals surface area (Å²) in [6.45, 7) is 0.870. The predicted octanol–water partition coefficient (Wildman–Crippen LogP) is 2.12. The maximum Gasteiger partial charge on any atom is 0.170 e. The zero-order valence-corrected chi connectivity index (χ0v) is 8.85. The molecule has 1 heterocycles. The average molecular weight is 199 g/mol. The monoisotopic (exact) mass is 199 g/mol. The zero-order chi connectivity index (χ0) is 10.5. The van der Waals surface area contributed by atoms with E-state index in [1.807, 2.05) is 30.1 Å². The summed E-state index contributed by atoms with van der Waals surface area (Å²) in [6.07, 6.45) is 4.07. The Morgan fingerprint density at radius 1 is 1.00 bits per heavy atom. The highest BCUT2D eigenvalue weighted by atomic mass is 14.9. The molecule has 2 nitrogen and oxygen atoms in total. The molecule has 0 spiro atoms. The van der Waals surface area contributed by atoms with E-state index in [4.69, 9.17) is 0 Å². The van der Waals surface area contributed by atoms with Gasteiger partial charge >= 0.3 is 0 Å². The molecule has 2 aromatic rings. The largest absolute Gasteiger partial charge is 0.381 e. The second-order valence-corrected chi connectivity index (χ2v) is 3.59.